The minimum absolute atomic E-state index is 0.482. The van der Waals surface area contributed by atoms with Crippen LogP contribution in [0, 0.1) is 0 Å². The minimum Gasteiger partial charge on any atom is -0.371 e. The molecule has 1 atom stereocenters. The lowest BCUT2D eigenvalue weighted by Gasteiger charge is -2.25. The number of ether oxygens (including phenoxy) is 1. The Kier molecular flexibility index (Phi) is 2.88. The Morgan fingerprint density at radius 2 is 2.14 bits per heavy atom. The Morgan fingerprint density at radius 1 is 1.36 bits per heavy atom. The number of rotatable bonds is 3. The fourth-order valence-electron chi connectivity index (χ4n) is 2.33. The average Bonchev–Trinajstić information content (AvgIpc) is 3.04. The van der Waals surface area contributed by atoms with Crippen molar-refractivity contribution in [1.82, 2.24) is 4.90 Å². The van der Waals surface area contributed by atoms with Crippen LogP contribution in [0.25, 0.3) is 0 Å². The van der Waals surface area contributed by atoms with Crippen molar-refractivity contribution in [3.63, 3.8) is 0 Å². The minimum atomic E-state index is -0.482. The van der Waals surface area contributed by atoms with E-state index >= 15 is 0 Å². The first kappa shape index (κ1) is 10.1. The van der Waals surface area contributed by atoms with Gasteiger partial charge in [0.25, 0.3) is 0 Å². The third-order valence-electron chi connectivity index (χ3n) is 3.55. The number of likely N-dealkylation sites (tertiary alicyclic amines) is 1. The molecule has 0 spiro atoms. The number of aldehydes is 1. The molecule has 0 N–H and O–H groups in total. The molecule has 1 saturated carbocycles. The maximum Gasteiger partial charge on any atom is 0.151 e. The Labute approximate surface area is 85.4 Å². The number of hydrogen-bond donors (Lipinski definition) is 0. The molecule has 0 radical (unpaired) electrons. The molecule has 2 aliphatic rings. The van der Waals surface area contributed by atoms with Crippen LogP contribution in [0.2, 0.25) is 0 Å². The maximum absolute atomic E-state index is 11.0. The predicted octanol–water partition coefficient (Wildman–Crippen LogP) is 1.22. The van der Waals surface area contributed by atoms with Crippen molar-refractivity contribution < 1.29 is 9.53 Å². The molecular weight excluding hydrogens is 178 g/mol. The summed E-state index contributed by atoms with van der Waals surface area (Å²) in [6.07, 6.45) is 6.54. The molecule has 14 heavy (non-hydrogen) atoms. The first-order valence-electron chi connectivity index (χ1n) is 5.55. The smallest absolute Gasteiger partial charge is 0.151 e. The number of carbonyl (C=O) groups is 1. The number of hydrogen-bond acceptors (Lipinski definition) is 3. The van der Waals surface area contributed by atoms with Crippen LogP contribution in [0.1, 0.15) is 32.1 Å². The molecule has 1 saturated heterocycles. The van der Waals surface area contributed by atoms with Gasteiger partial charge in [-0.3, -0.25) is 0 Å². The summed E-state index contributed by atoms with van der Waals surface area (Å²) in [5.74, 6) is 0. The quantitative estimate of drug-likeness (QED) is 0.637. The van der Waals surface area contributed by atoms with Gasteiger partial charge in [-0.25, -0.2) is 0 Å². The molecule has 0 aromatic heterocycles. The SMILES string of the molecule is COC1(C=O)CCCN(C2CC2)CC1. The van der Waals surface area contributed by atoms with Crippen molar-refractivity contribution in [3.8, 4) is 0 Å². The molecule has 0 amide bonds. The number of carbonyl (C=O) groups excluding carboxylic acids is 1. The predicted molar refractivity (Wildman–Crippen MR) is 54.3 cm³/mol. The summed E-state index contributed by atoms with van der Waals surface area (Å²) in [6.45, 7) is 2.17. The summed E-state index contributed by atoms with van der Waals surface area (Å²) < 4.78 is 5.36. The van der Waals surface area contributed by atoms with Crippen molar-refractivity contribution in [2.45, 2.75) is 43.7 Å². The van der Waals surface area contributed by atoms with E-state index in [0.717, 1.165) is 44.7 Å². The maximum atomic E-state index is 11.0. The lowest BCUT2D eigenvalue weighted by atomic mass is 9.97. The lowest BCUT2D eigenvalue weighted by Crippen LogP contribution is -2.35. The van der Waals surface area contributed by atoms with Gasteiger partial charge in [0.1, 0.15) is 5.60 Å². The number of nitrogens with zero attached hydrogens (tertiary/aromatic N) is 1. The van der Waals surface area contributed by atoms with Gasteiger partial charge < -0.3 is 14.4 Å². The zero-order valence-electron chi connectivity index (χ0n) is 8.87. The molecule has 0 aromatic carbocycles. The van der Waals surface area contributed by atoms with E-state index in [0.29, 0.717) is 0 Å². The van der Waals surface area contributed by atoms with E-state index in [-0.39, 0.29) is 0 Å². The second-order valence-corrected chi connectivity index (χ2v) is 4.51. The molecule has 80 valence electrons. The molecule has 2 fully saturated rings. The fraction of sp³-hybridized carbons (Fsp3) is 0.909. The Balaban J connectivity index is 1.95. The molecule has 3 nitrogen and oxygen atoms in total. The summed E-state index contributed by atoms with van der Waals surface area (Å²) in [4.78, 5) is 13.5. The highest BCUT2D eigenvalue weighted by Crippen LogP contribution is 2.31. The molecule has 3 heteroatoms. The van der Waals surface area contributed by atoms with Crippen LogP contribution < -0.4 is 0 Å². The molecular formula is C11H19NO2. The highest BCUT2D eigenvalue weighted by Gasteiger charge is 2.36. The largest absolute Gasteiger partial charge is 0.371 e. The van der Waals surface area contributed by atoms with Gasteiger partial charge in [0, 0.05) is 19.7 Å². The molecule has 2 rings (SSSR count). The van der Waals surface area contributed by atoms with Crippen molar-refractivity contribution in [3.05, 3.63) is 0 Å². The van der Waals surface area contributed by atoms with Gasteiger partial charge in [-0.2, -0.15) is 0 Å². The summed E-state index contributed by atoms with van der Waals surface area (Å²) in [7, 11) is 1.65. The summed E-state index contributed by atoms with van der Waals surface area (Å²) >= 11 is 0. The first-order valence-corrected chi connectivity index (χ1v) is 5.55. The van der Waals surface area contributed by atoms with Gasteiger partial charge in [-0.15, -0.1) is 0 Å². The molecule has 0 bridgehead atoms. The van der Waals surface area contributed by atoms with Crippen molar-refractivity contribution in [2.24, 2.45) is 0 Å². The topological polar surface area (TPSA) is 29.5 Å². The third kappa shape index (κ3) is 1.98. The van der Waals surface area contributed by atoms with Crippen molar-refractivity contribution in [2.75, 3.05) is 20.2 Å². The highest BCUT2D eigenvalue weighted by atomic mass is 16.5. The fourth-order valence-corrected chi connectivity index (χ4v) is 2.33. The van der Waals surface area contributed by atoms with E-state index in [9.17, 15) is 4.79 Å². The van der Waals surface area contributed by atoms with Gasteiger partial charge in [0.2, 0.25) is 0 Å². The van der Waals surface area contributed by atoms with Crippen LogP contribution in [-0.2, 0) is 9.53 Å². The normalized spacial score (nSPS) is 35.2. The zero-order valence-corrected chi connectivity index (χ0v) is 8.87. The standard InChI is InChI=1S/C11H19NO2/c1-14-11(9-13)5-2-7-12(8-6-11)10-3-4-10/h9-10H,2-8H2,1H3. The van der Waals surface area contributed by atoms with E-state index in [2.05, 4.69) is 4.90 Å². The van der Waals surface area contributed by atoms with E-state index in [1.165, 1.54) is 12.8 Å². The van der Waals surface area contributed by atoms with Crippen LogP contribution in [0.15, 0.2) is 0 Å². The molecule has 1 unspecified atom stereocenters. The van der Waals surface area contributed by atoms with E-state index in [1.807, 2.05) is 0 Å². The molecule has 1 aliphatic heterocycles. The van der Waals surface area contributed by atoms with Gasteiger partial charge >= 0.3 is 0 Å². The van der Waals surface area contributed by atoms with Crippen LogP contribution in [0.4, 0.5) is 0 Å². The van der Waals surface area contributed by atoms with Crippen LogP contribution in [0.3, 0.4) is 0 Å². The van der Waals surface area contributed by atoms with E-state index < -0.39 is 5.60 Å². The summed E-state index contributed by atoms with van der Waals surface area (Å²) in [5.41, 5.74) is -0.482. The molecule has 1 heterocycles. The second kappa shape index (κ2) is 3.99. The van der Waals surface area contributed by atoms with Crippen LogP contribution >= 0.6 is 0 Å². The van der Waals surface area contributed by atoms with Gasteiger partial charge in [-0.05, 0) is 38.6 Å². The van der Waals surface area contributed by atoms with Crippen molar-refractivity contribution in [1.29, 1.82) is 0 Å². The number of methoxy groups -OCH3 is 1. The van der Waals surface area contributed by atoms with E-state index in [4.69, 9.17) is 4.74 Å². The monoisotopic (exact) mass is 197 g/mol. The average molecular weight is 197 g/mol. The van der Waals surface area contributed by atoms with Crippen LogP contribution in [-0.4, -0.2) is 43.0 Å². The Morgan fingerprint density at radius 3 is 2.71 bits per heavy atom. The Bertz CT molecular complexity index is 215. The van der Waals surface area contributed by atoms with Gasteiger partial charge in [0.15, 0.2) is 6.29 Å². The molecule has 0 aromatic rings. The zero-order chi connectivity index (χ0) is 10.0. The highest BCUT2D eigenvalue weighted by molar-refractivity contribution is 5.62. The second-order valence-electron chi connectivity index (χ2n) is 4.51. The van der Waals surface area contributed by atoms with Crippen molar-refractivity contribution >= 4 is 6.29 Å². The Hall–Kier alpha value is -0.410. The van der Waals surface area contributed by atoms with Gasteiger partial charge in [0.05, 0.1) is 0 Å². The first-order chi connectivity index (χ1) is 6.79. The van der Waals surface area contributed by atoms with E-state index in [1.54, 1.807) is 7.11 Å². The lowest BCUT2D eigenvalue weighted by molar-refractivity contribution is -0.128. The summed E-state index contributed by atoms with van der Waals surface area (Å²) in [6, 6.07) is 0.814. The van der Waals surface area contributed by atoms with Crippen LogP contribution in [0.5, 0.6) is 0 Å². The third-order valence-corrected chi connectivity index (χ3v) is 3.55. The molecule has 1 aliphatic carbocycles. The summed E-state index contributed by atoms with van der Waals surface area (Å²) in [5, 5.41) is 0. The van der Waals surface area contributed by atoms with Gasteiger partial charge in [-0.1, -0.05) is 0 Å².